The molecule has 0 spiro atoms. The Kier molecular flexibility index (Phi) is 7.91. The number of piperidine rings is 1. The summed E-state index contributed by atoms with van der Waals surface area (Å²) in [5, 5.41) is 0. The number of ether oxygens (including phenoxy) is 1. The first-order valence-electron chi connectivity index (χ1n) is 12.1. The van der Waals surface area contributed by atoms with Crippen LogP contribution >= 0.6 is 0 Å². The fourth-order valence-corrected chi connectivity index (χ4v) is 5.75. The molecule has 34 heavy (non-hydrogen) atoms. The quantitative estimate of drug-likeness (QED) is 0.618. The zero-order valence-electron chi connectivity index (χ0n) is 20.1. The highest BCUT2D eigenvalue weighted by Gasteiger charge is 2.26. The zero-order chi connectivity index (χ0) is 24.1. The molecule has 8 heteroatoms. The van der Waals surface area contributed by atoms with E-state index in [1.807, 2.05) is 12.1 Å². The minimum absolute atomic E-state index is 0.0650. The standard InChI is InChI=1S/C26H35N3O4S/c1-20-10-14-29(15-11-20)26(30)24-17-23(8-9-25(24)33-2)34(31,32)27-18-21-6-5-7-22(16-21)19-28-12-3-4-13-28/h5-9,16-17,20,27H,3-4,10-15,18-19H2,1-2H3. The second-order valence-corrected chi connectivity index (χ2v) is 11.2. The Morgan fingerprint density at radius 1 is 1.03 bits per heavy atom. The van der Waals surface area contributed by atoms with Gasteiger partial charge in [-0.1, -0.05) is 31.2 Å². The van der Waals surface area contributed by atoms with Gasteiger partial charge in [-0.2, -0.15) is 0 Å². The van der Waals surface area contributed by atoms with E-state index in [1.165, 1.54) is 37.6 Å². The molecule has 2 aliphatic rings. The minimum Gasteiger partial charge on any atom is -0.496 e. The molecular weight excluding hydrogens is 450 g/mol. The molecule has 7 nitrogen and oxygen atoms in total. The third-order valence-electron chi connectivity index (χ3n) is 6.85. The highest BCUT2D eigenvalue weighted by molar-refractivity contribution is 7.89. The Morgan fingerprint density at radius 2 is 1.74 bits per heavy atom. The van der Waals surface area contributed by atoms with Gasteiger partial charge in [0.1, 0.15) is 5.75 Å². The van der Waals surface area contributed by atoms with E-state index in [0.29, 0.717) is 24.8 Å². The van der Waals surface area contributed by atoms with Crippen LogP contribution in [-0.2, 0) is 23.1 Å². The number of nitrogens with zero attached hydrogens (tertiary/aromatic N) is 2. The summed E-state index contributed by atoms with van der Waals surface area (Å²) < 4.78 is 34.2. The summed E-state index contributed by atoms with van der Waals surface area (Å²) in [6.45, 7) is 6.84. The van der Waals surface area contributed by atoms with Gasteiger partial charge >= 0.3 is 0 Å². The van der Waals surface area contributed by atoms with E-state index in [4.69, 9.17) is 4.74 Å². The van der Waals surface area contributed by atoms with Crippen molar-refractivity contribution in [2.45, 2.75) is 50.6 Å². The van der Waals surface area contributed by atoms with Gasteiger partial charge in [0.2, 0.25) is 10.0 Å². The summed E-state index contributed by atoms with van der Waals surface area (Å²) in [5.41, 5.74) is 2.38. The van der Waals surface area contributed by atoms with Crippen LogP contribution in [0.2, 0.25) is 0 Å². The van der Waals surface area contributed by atoms with Crippen LogP contribution in [0.5, 0.6) is 5.75 Å². The highest BCUT2D eigenvalue weighted by Crippen LogP contribution is 2.26. The number of sulfonamides is 1. The fraction of sp³-hybridized carbons (Fsp3) is 0.500. The monoisotopic (exact) mass is 485 g/mol. The van der Waals surface area contributed by atoms with Crippen LogP contribution in [0.4, 0.5) is 0 Å². The molecule has 2 aromatic rings. The minimum atomic E-state index is -3.80. The van der Waals surface area contributed by atoms with E-state index in [2.05, 4.69) is 28.7 Å². The fourth-order valence-electron chi connectivity index (χ4n) is 4.70. The van der Waals surface area contributed by atoms with Gasteiger partial charge in [-0.05, 0) is 74.0 Å². The first-order valence-corrected chi connectivity index (χ1v) is 13.6. The lowest BCUT2D eigenvalue weighted by molar-refractivity contribution is 0.0693. The summed E-state index contributed by atoms with van der Waals surface area (Å²) in [5.74, 6) is 0.795. The molecule has 2 aromatic carbocycles. The van der Waals surface area contributed by atoms with Crippen LogP contribution in [0.15, 0.2) is 47.4 Å². The molecule has 2 aliphatic heterocycles. The Labute approximate surface area is 203 Å². The second-order valence-electron chi connectivity index (χ2n) is 9.46. The Hall–Kier alpha value is -2.42. The van der Waals surface area contributed by atoms with E-state index >= 15 is 0 Å². The van der Waals surface area contributed by atoms with Gasteiger partial charge in [0.15, 0.2) is 0 Å². The highest BCUT2D eigenvalue weighted by atomic mass is 32.2. The van der Waals surface area contributed by atoms with Crippen molar-refractivity contribution in [2.75, 3.05) is 33.3 Å². The van der Waals surface area contributed by atoms with Gasteiger partial charge in [-0.25, -0.2) is 13.1 Å². The third kappa shape index (κ3) is 5.98. The summed E-state index contributed by atoms with van der Waals surface area (Å²) in [6, 6.07) is 12.5. The molecule has 184 valence electrons. The van der Waals surface area contributed by atoms with Gasteiger partial charge in [-0.3, -0.25) is 9.69 Å². The number of hydrogen-bond donors (Lipinski definition) is 1. The number of methoxy groups -OCH3 is 1. The van der Waals surface area contributed by atoms with Gasteiger partial charge in [0, 0.05) is 26.2 Å². The summed E-state index contributed by atoms with van der Waals surface area (Å²) in [4.78, 5) is 17.4. The predicted octanol–water partition coefficient (Wildman–Crippen LogP) is 3.64. The van der Waals surface area contributed by atoms with Crippen molar-refractivity contribution >= 4 is 15.9 Å². The van der Waals surface area contributed by atoms with Crippen molar-refractivity contribution in [3.63, 3.8) is 0 Å². The van der Waals surface area contributed by atoms with Crippen LogP contribution in [0.25, 0.3) is 0 Å². The van der Waals surface area contributed by atoms with Crippen molar-refractivity contribution in [1.82, 2.24) is 14.5 Å². The maximum absolute atomic E-state index is 13.2. The first-order chi connectivity index (χ1) is 16.4. The van der Waals surface area contributed by atoms with Gasteiger partial charge in [0.25, 0.3) is 5.91 Å². The second kappa shape index (κ2) is 10.9. The lowest BCUT2D eigenvalue weighted by atomic mass is 9.98. The van der Waals surface area contributed by atoms with Crippen LogP contribution in [0.3, 0.4) is 0 Å². The van der Waals surface area contributed by atoms with E-state index in [1.54, 1.807) is 11.0 Å². The average Bonchev–Trinajstić information content (AvgIpc) is 3.36. The zero-order valence-corrected chi connectivity index (χ0v) is 20.9. The van der Waals surface area contributed by atoms with Gasteiger partial charge in [-0.15, -0.1) is 0 Å². The molecule has 0 aromatic heterocycles. The van der Waals surface area contributed by atoms with Gasteiger partial charge in [0.05, 0.1) is 17.6 Å². The maximum Gasteiger partial charge on any atom is 0.257 e. The number of benzene rings is 2. The number of rotatable bonds is 8. The van der Waals surface area contributed by atoms with Crippen LogP contribution in [0, 0.1) is 5.92 Å². The van der Waals surface area contributed by atoms with E-state index < -0.39 is 10.0 Å². The molecule has 2 heterocycles. The SMILES string of the molecule is COc1ccc(S(=O)(=O)NCc2cccc(CN3CCCC3)c2)cc1C(=O)N1CCC(C)CC1. The van der Waals surface area contributed by atoms with Crippen molar-refractivity contribution in [1.29, 1.82) is 0 Å². The molecule has 4 rings (SSSR count). The van der Waals surface area contributed by atoms with Crippen molar-refractivity contribution < 1.29 is 17.9 Å². The van der Waals surface area contributed by atoms with Crippen LogP contribution in [0.1, 0.15) is 54.1 Å². The molecule has 1 N–H and O–H groups in total. The Morgan fingerprint density at radius 3 is 2.44 bits per heavy atom. The van der Waals surface area contributed by atoms with E-state index in [-0.39, 0.29) is 22.9 Å². The van der Waals surface area contributed by atoms with Crippen molar-refractivity contribution in [3.8, 4) is 5.75 Å². The predicted molar refractivity (Wildman–Crippen MR) is 132 cm³/mol. The number of hydrogen-bond acceptors (Lipinski definition) is 5. The largest absolute Gasteiger partial charge is 0.496 e. The molecule has 0 aliphatic carbocycles. The lowest BCUT2D eigenvalue weighted by Gasteiger charge is -2.30. The number of carbonyl (C=O) groups excluding carboxylic acids is 1. The number of nitrogens with one attached hydrogen (secondary N) is 1. The first kappa shape index (κ1) is 24.7. The molecule has 0 unspecified atom stereocenters. The average molecular weight is 486 g/mol. The number of carbonyl (C=O) groups is 1. The molecule has 2 saturated heterocycles. The normalized spacial score (nSPS) is 17.8. The molecule has 1 amide bonds. The Bertz CT molecular complexity index is 1100. The lowest BCUT2D eigenvalue weighted by Crippen LogP contribution is -2.38. The molecular formula is C26H35N3O4S. The molecule has 2 fully saturated rings. The number of amides is 1. The summed E-state index contributed by atoms with van der Waals surface area (Å²) in [7, 11) is -2.31. The summed E-state index contributed by atoms with van der Waals surface area (Å²) >= 11 is 0. The van der Waals surface area contributed by atoms with Crippen molar-refractivity contribution in [3.05, 3.63) is 59.2 Å². The number of likely N-dealkylation sites (tertiary alicyclic amines) is 2. The van der Waals surface area contributed by atoms with Crippen LogP contribution in [-0.4, -0.2) is 57.4 Å². The van der Waals surface area contributed by atoms with E-state index in [0.717, 1.165) is 38.0 Å². The topological polar surface area (TPSA) is 79.0 Å². The molecule has 0 saturated carbocycles. The van der Waals surface area contributed by atoms with Crippen molar-refractivity contribution in [2.24, 2.45) is 5.92 Å². The molecule has 0 radical (unpaired) electrons. The van der Waals surface area contributed by atoms with E-state index in [9.17, 15) is 13.2 Å². The van der Waals surface area contributed by atoms with Crippen LogP contribution < -0.4 is 9.46 Å². The molecule has 0 atom stereocenters. The third-order valence-corrected chi connectivity index (χ3v) is 8.24. The maximum atomic E-state index is 13.2. The Balaban J connectivity index is 1.46. The summed E-state index contributed by atoms with van der Waals surface area (Å²) in [6.07, 6.45) is 4.38. The van der Waals surface area contributed by atoms with Gasteiger partial charge < -0.3 is 9.64 Å². The smallest absolute Gasteiger partial charge is 0.257 e. The molecule has 0 bridgehead atoms.